The van der Waals surface area contributed by atoms with E-state index in [4.69, 9.17) is 33.8 Å². The maximum absolute atomic E-state index is 13.5. The van der Waals surface area contributed by atoms with Gasteiger partial charge in [-0.3, -0.25) is 57.8 Å². The quantitative estimate of drug-likeness (QED) is 0.0403. The Labute approximate surface area is 387 Å². The first-order valence-electron chi connectivity index (χ1n) is 22.8. The average Bonchev–Trinajstić information content (AvgIpc) is 3.15. The molecule has 0 rings (SSSR count). The molecule has 0 unspecified atom stereocenters. The molecule has 0 fully saturated rings. The summed E-state index contributed by atoms with van der Waals surface area (Å²) in [5.74, 6) is -5.32. The van der Waals surface area contributed by atoms with E-state index in [0.29, 0.717) is 0 Å². The fourth-order valence-corrected chi connectivity index (χ4v) is 5.42. The van der Waals surface area contributed by atoms with Crippen LogP contribution in [0.15, 0.2) is 0 Å². The highest BCUT2D eigenvalue weighted by atomic mass is 16.7. The lowest BCUT2D eigenvalue weighted by molar-refractivity contribution is -0.182. The molecule has 0 heterocycles. The molecule has 0 aliphatic rings. The van der Waals surface area contributed by atoms with Gasteiger partial charge < -0.3 is 4.74 Å². The Morgan fingerprint density at radius 1 is 0.338 bits per heavy atom. The van der Waals surface area contributed by atoms with Crippen LogP contribution in [-0.2, 0) is 67.3 Å². The summed E-state index contributed by atoms with van der Waals surface area (Å²) in [4.78, 5) is 125. The number of carbonyl (C=O) groups excluding carboxylic acids is 7. The largest absolute Gasteiger partial charge is 0.458 e. The zero-order valence-electron chi connectivity index (χ0n) is 42.4. The molecule has 0 spiro atoms. The molecule has 0 aromatic rings. The van der Waals surface area contributed by atoms with Gasteiger partial charge in [-0.05, 0) is 94.8 Å². The van der Waals surface area contributed by atoms with Gasteiger partial charge in [-0.2, -0.15) is 0 Å². The van der Waals surface area contributed by atoms with Gasteiger partial charge in [0.05, 0.1) is 0 Å². The van der Waals surface area contributed by atoms with E-state index in [9.17, 15) is 33.6 Å². The molecule has 6 N–H and O–H groups in total. The van der Waals surface area contributed by atoms with Gasteiger partial charge in [-0.25, -0.2) is 37.7 Å². The van der Waals surface area contributed by atoms with Crippen molar-refractivity contribution in [2.75, 3.05) is 0 Å². The minimum absolute atomic E-state index is 0.000135. The summed E-state index contributed by atoms with van der Waals surface area (Å²) >= 11 is 0. The molecule has 20 heteroatoms. The van der Waals surface area contributed by atoms with E-state index in [0.717, 1.165) is 0 Å². The van der Waals surface area contributed by atoms with Crippen LogP contribution in [0, 0.1) is 40.9 Å². The first-order valence-corrected chi connectivity index (χ1v) is 22.8. The highest BCUT2D eigenvalue weighted by Gasteiger charge is 2.33. The Bertz CT molecular complexity index is 1490. The summed E-state index contributed by atoms with van der Waals surface area (Å²) in [5, 5.41) is 0. The van der Waals surface area contributed by atoms with Gasteiger partial charge >= 0.3 is 5.97 Å². The van der Waals surface area contributed by atoms with Crippen molar-refractivity contribution in [3.63, 3.8) is 0 Å². The normalized spacial score (nSPS) is 15.0. The molecule has 0 radical (unpaired) electrons. The Hall–Kier alpha value is -3.95. The van der Waals surface area contributed by atoms with Gasteiger partial charge in [0.1, 0.15) is 5.60 Å². The van der Waals surface area contributed by atoms with Crippen molar-refractivity contribution >= 4 is 41.4 Å². The maximum atomic E-state index is 13.5. The van der Waals surface area contributed by atoms with Crippen molar-refractivity contribution in [2.24, 2.45) is 40.9 Å². The van der Waals surface area contributed by atoms with Crippen molar-refractivity contribution in [3.05, 3.63) is 0 Å². The minimum Gasteiger partial charge on any atom is -0.458 e. The monoisotopic (exact) mass is 933 g/mol. The zero-order chi connectivity index (χ0) is 50.4. The predicted octanol–water partition coefficient (Wildman–Crippen LogP) is 5.15. The van der Waals surface area contributed by atoms with E-state index in [1.807, 2.05) is 83.1 Å². The number of rotatable bonds is 30. The molecule has 378 valence electrons. The molecule has 0 aliphatic carbocycles. The van der Waals surface area contributed by atoms with E-state index in [1.165, 1.54) is 0 Å². The zero-order valence-corrected chi connectivity index (χ0v) is 42.4. The van der Waals surface area contributed by atoms with Crippen LogP contribution in [0.4, 0.5) is 0 Å². The third-order valence-electron chi connectivity index (χ3n) is 8.73. The number of ether oxygens (including phenoxy) is 1. The molecule has 20 nitrogen and oxygen atoms in total. The Kier molecular flexibility index (Phi) is 27.8. The van der Waals surface area contributed by atoms with Crippen LogP contribution in [0.3, 0.4) is 0 Å². The summed E-state index contributed by atoms with van der Waals surface area (Å²) in [7, 11) is 0. The van der Waals surface area contributed by atoms with Crippen LogP contribution < -0.4 is 32.9 Å². The lowest BCUT2D eigenvalue weighted by atomic mass is 9.96. The molecule has 0 aromatic heterocycles. The maximum Gasteiger partial charge on any atom is 0.338 e. The van der Waals surface area contributed by atoms with Gasteiger partial charge in [-0.1, -0.05) is 104 Å². The fourth-order valence-electron chi connectivity index (χ4n) is 5.42. The van der Waals surface area contributed by atoms with E-state index in [-0.39, 0.29) is 74.0 Å². The molecule has 0 saturated heterocycles. The van der Waals surface area contributed by atoms with Gasteiger partial charge in [0.25, 0.3) is 29.5 Å². The number of hydrogen-bond acceptors (Lipinski definition) is 14. The fraction of sp³-hybridized carbons (Fsp3) is 0.844. The van der Waals surface area contributed by atoms with Crippen molar-refractivity contribution in [1.29, 1.82) is 0 Å². The van der Waals surface area contributed by atoms with Gasteiger partial charge in [-0.15, -0.1) is 0 Å². The molecular weight excluding hydrogens is 849 g/mol. The smallest absolute Gasteiger partial charge is 0.338 e. The van der Waals surface area contributed by atoms with Gasteiger partial charge in [0.2, 0.25) is 5.91 Å². The van der Waals surface area contributed by atoms with Crippen molar-refractivity contribution in [3.8, 4) is 0 Å². The van der Waals surface area contributed by atoms with Gasteiger partial charge in [0.15, 0.2) is 36.6 Å². The summed E-state index contributed by atoms with van der Waals surface area (Å²) in [5.41, 5.74) is 12.1. The van der Waals surface area contributed by atoms with Gasteiger partial charge in [0, 0.05) is 5.41 Å². The third kappa shape index (κ3) is 28.0. The van der Waals surface area contributed by atoms with E-state index in [1.54, 1.807) is 41.5 Å². The molecule has 6 amide bonds. The van der Waals surface area contributed by atoms with Crippen molar-refractivity contribution in [2.45, 2.75) is 205 Å². The average molecular weight is 933 g/mol. The Balaban J connectivity index is 5.86. The molecule has 0 aromatic carbocycles. The molecule has 0 bridgehead atoms. The van der Waals surface area contributed by atoms with Crippen LogP contribution in [0.5, 0.6) is 0 Å². The van der Waals surface area contributed by atoms with Crippen LogP contribution in [0.1, 0.15) is 163 Å². The van der Waals surface area contributed by atoms with Crippen LogP contribution in [0.25, 0.3) is 0 Å². The number of carbonyl (C=O) groups is 7. The Morgan fingerprint density at radius 2 is 0.538 bits per heavy atom. The lowest BCUT2D eigenvalue weighted by Crippen LogP contribution is -2.50. The van der Waals surface area contributed by atoms with Crippen LogP contribution in [-0.4, -0.2) is 83.6 Å². The minimum atomic E-state index is -1.30. The summed E-state index contributed by atoms with van der Waals surface area (Å²) in [6.45, 7) is 32.5. The highest BCUT2D eigenvalue weighted by molar-refractivity contribution is 5.85. The number of hydrogen-bond donors (Lipinski definition) is 6. The Morgan fingerprint density at radius 3 is 0.738 bits per heavy atom. The lowest BCUT2D eigenvalue weighted by Gasteiger charge is -2.26. The number of nitrogens with one attached hydrogen (secondary N) is 6. The van der Waals surface area contributed by atoms with Crippen molar-refractivity contribution in [1.82, 2.24) is 32.9 Å². The number of amides is 6. The number of hydroxylamine groups is 6. The molecule has 0 aliphatic heterocycles. The SMILES string of the molecule is CC(C)C[C@@H](ONC(=O)[C@@H](CC(C)C)ONC(=O)[C@@H](CC(C)C)ONC(=O)C(C)(C)C)C(=O)NO[C@H](CC(C)C)C(=O)NO[C@H](CC(C)C)C(=O)NO[C@H](CC(C)C)C(=O)OC(C)(C)C. The second-order valence-corrected chi connectivity index (χ2v) is 21.0. The second-order valence-electron chi connectivity index (χ2n) is 21.0. The molecule has 0 saturated carbocycles. The van der Waals surface area contributed by atoms with Crippen LogP contribution >= 0.6 is 0 Å². The standard InChI is InChI=1S/C45H84N6O14/c1-25(2)19-31(60-47-39(54)33(21-27(5)6)62-49-41(56)35(23-29(9)10)64-51-43(58)44(13,14)15)37(52)46-61-32(20-26(3)4)38(53)48-63-34(22-28(7)8)40(55)50-65-36(24-30(11)12)42(57)59-45(16,17)18/h25-36H,19-24H2,1-18H3,(H,46,52)(H,47,54)(H,48,53)(H,49,56)(H,50,55)(H,51,58)/t31-,32-,33-,34-,35-,36-/m1/s1. The van der Waals surface area contributed by atoms with E-state index >= 15 is 0 Å². The predicted molar refractivity (Wildman–Crippen MR) is 240 cm³/mol. The highest BCUT2D eigenvalue weighted by Crippen LogP contribution is 2.18. The molecule has 65 heavy (non-hydrogen) atoms. The first kappa shape index (κ1) is 61.0. The van der Waals surface area contributed by atoms with E-state index < -0.39 is 89.1 Å². The summed E-state index contributed by atoms with van der Waals surface area (Å²) in [6, 6.07) is 0. The summed E-state index contributed by atoms with van der Waals surface area (Å²) in [6.07, 6.45) is -6.32. The van der Waals surface area contributed by atoms with Crippen LogP contribution in [0.2, 0.25) is 0 Å². The van der Waals surface area contributed by atoms with Crippen molar-refractivity contribution < 1.29 is 67.3 Å². The second kappa shape index (κ2) is 29.6. The summed E-state index contributed by atoms with van der Waals surface area (Å²) < 4.78 is 5.46. The third-order valence-corrected chi connectivity index (χ3v) is 8.73. The molecular formula is C45H84N6O14. The number of esters is 1. The molecule has 6 atom stereocenters. The first-order chi connectivity index (χ1) is 29.8. The topological polar surface area (TPSA) is 256 Å². The van der Waals surface area contributed by atoms with E-state index in [2.05, 4.69) is 32.9 Å².